The summed E-state index contributed by atoms with van der Waals surface area (Å²) in [6.07, 6.45) is 2.08. The number of aryl methyl sites for hydroxylation is 1. The van der Waals surface area contributed by atoms with Gasteiger partial charge in [0, 0.05) is 17.0 Å². The maximum Gasteiger partial charge on any atom is 0.224 e. The molecule has 0 aliphatic heterocycles. The van der Waals surface area contributed by atoms with Gasteiger partial charge in [0.25, 0.3) is 0 Å². The van der Waals surface area contributed by atoms with E-state index in [-0.39, 0.29) is 11.9 Å². The molecule has 0 fully saturated rings. The minimum Gasteiger partial charge on any atom is -0.464 e. The van der Waals surface area contributed by atoms with Crippen molar-refractivity contribution < 1.29 is 9.21 Å². The summed E-state index contributed by atoms with van der Waals surface area (Å²) in [6.45, 7) is 12.7. The Labute approximate surface area is 133 Å². The highest BCUT2D eigenvalue weighted by Gasteiger charge is 2.16. The van der Waals surface area contributed by atoms with Crippen molar-refractivity contribution in [1.29, 1.82) is 0 Å². The second kappa shape index (κ2) is 6.55. The van der Waals surface area contributed by atoms with Gasteiger partial charge in [-0.1, -0.05) is 27.7 Å². The SMILES string of the molecule is Cc1cc2occ(CC(=O)N[C@H](C)C(C)C)c2cc1C(C)C. The number of furan rings is 1. The number of amides is 1. The first-order valence-corrected chi connectivity index (χ1v) is 8.09. The molecule has 0 bridgehead atoms. The fourth-order valence-corrected chi connectivity index (χ4v) is 2.65. The zero-order chi connectivity index (χ0) is 16.4. The average Bonchev–Trinajstić information content (AvgIpc) is 2.79. The molecular weight excluding hydrogens is 274 g/mol. The molecule has 1 heterocycles. The summed E-state index contributed by atoms with van der Waals surface area (Å²) >= 11 is 0. The van der Waals surface area contributed by atoms with E-state index >= 15 is 0 Å². The number of fused-ring (bicyclic) bond motifs is 1. The highest BCUT2D eigenvalue weighted by atomic mass is 16.3. The molecule has 1 amide bonds. The molecule has 3 nitrogen and oxygen atoms in total. The lowest BCUT2D eigenvalue weighted by Gasteiger charge is -2.17. The van der Waals surface area contributed by atoms with Crippen LogP contribution in [-0.2, 0) is 11.2 Å². The summed E-state index contributed by atoms with van der Waals surface area (Å²) < 4.78 is 5.64. The van der Waals surface area contributed by atoms with Gasteiger partial charge in [0.2, 0.25) is 5.91 Å². The number of hydrogen-bond acceptors (Lipinski definition) is 2. The first-order valence-electron chi connectivity index (χ1n) is 8.09. The number of hydrogen-bond donors (Lipinski definition) is 1. The first kappa shape index (κ1) is 16.6. The molecule has 22 heavy (non-hydrogen) atoms. The van der Waals surface area contributed by atoms with Crippen molar-refractivity contribution in [1.82, 2.24) is 5.32 Å². The van der Waals surface area contributed by atoms with E-state index in [4.69, 9.17) is 4.42 Å². The minimum absolute atomic E-state index is 0.0515. The largest absolute Gasteiger partial charge is 0.464 e. The number of carbonyl (C=O) groups excluding carboxylic acids is 1. The predicted molar refractivity (Wildman–Crippen MR) is 91.2 cm³/mol. The molecule has 1 aromatic heterocycles. The van der Waals surface area contributed by atoms with E-state index in [0.29, 0.717) is 18.3 Å². The molecular formula is C19H27NO2. The van der Waals surface area contributed by atoms with Crippen LogP contribution in [0.5, 0.6) is 0 Å². The molecule has 0 unspecified atom stereocenters. The van der Waals surface area contributed by atoms with E-state index < -0.39 is 0 Å². The summed E-state index contributed by atoms with van der Waals surface area (Å²) in [5, 5.41) is 4.11. The van der Waals surface area contributed by atoms with Gasteiger partial charge >= 0.3 is 0 Å². The summed E-state index contributed by atoms with van der Waals surface area (Å²) in [5.41, 5.74) is 4.37. The fraction of sp³-hybridized carbons (Fsp3) is 0.526. The Morgan fingerprint density at radius 3 is 2.45 bits per heavy atom. The molecule has 0 aliphatic rings. The Morgan fingerprint density at radius 2 is 1.86 bits per heavy atom. The van der Waals surface area contributed by atoms with E-state index in [0.717, 1.165) is 16.5 Å². The van der Waals surface area contributed by atoms with Gasteiger partial charge in [0.1, 0.15) is 5.58 Å². The highest BCUT2D eigenvalue weighted by Crippen LogP contribution is 2.29. The molecule has 120 valence electrons. The molecule has 2 aromatic rings. The van der Waals surface area contributed by atoms with Crippen LogP contribution in [0.25, 0.3) is 11.0 Å². The predicted octanol–water partition coefficient (Wildman–Crippen LogP) is 4.57. The van der Waals surface area contributed by atoms with Gasteiger partial charge in [0.05, 0.1) is 12.7 Å². The van der Waals surface area contributed by atoms with Crippen LogP contribution in [0.15, 0.2) is 22.8 Å². The normalized spacial score (nSPS) is 13.1. The molecule has 0 saturated carbocycles. The topological polar surface area (TPSA) is 42.2 Å². The zero-order valence-electron chi connectivity index (χ0n) is 14.5. The third-order valence-electron chi connectivity index (χ3n) is 4.40. The summed E-state index contributed by atoms with van der Waals surface area (Å²) in [4.78, 5) is 12.2. The summed E-state index contributed by atoms with van der Waals surface area (Å²) in [6, 6.07) is 4.43. The van der Waals surface area contributed by atoms with Crippen molar-refractivity contribution in [2.75, 3.05) is 0 Å². The molecule has 1 N–H and O–H groups in total. The molecule has 1 aromatic carbocycles. The number of rotatable bonds is 5. The van der Waals surface area contributed by atoms with Crippen molar-refractivity contribution in [2.24, 2.45) is 5.92 Å². The maximum atomic E-state index is 12.2. The Bertz CT molecular complexity index is 667. The lowest BCUT2D eigenvalue weighted by Crippen LogP contribution is -2.36. The standard InChI is InChI=1S/C19H27NO2/c1-11(2)14(6)20-19(21)8-15-10-22-18-7-13(5)16(12(3)4)9-17(15)18/h7,9-12,14H,8H2,1-6H3,(H,20,21)/t14-/m1/s1. The van der Waals surface area contributed by atoms with Crippen LogP contribution in [0.4, 0.5) is 0 Å². The van der Waals surface area contributed by atoms with Crippen molar-refractivity contribution in [3.05, 3.63) is 35.1 Å². The van der Waals surface area contributed by atoms with Gasteiger partial charge < -0.3 is 9.73 Å². The van der Waals surface area contributed by atoms with Crippen LogP contribution < -0.4 is 5.32 Å². The quantitative estimate of drug-likeness (QED) is 0.879. The lowest BCUT2D eigenvalue weighted by molar-refractivity contribution is -0.121. The van der Waals surface area contributed by atoms with Crippen LogP contribution in [-0.4, -0.2) is 11.9 Å². The van der Waals surface area contributed by atoms with Crippen molar-refractivity contribution in [3.63, 3.8) is 0 Å². The summed E-state index contributed by atoms with van der Waals surface area (Å²) in [7, 11) is 0. The third kappa shape index (κ3) is 3.52. The summed E-state index contributed by atoms with van der Waals surface area (Å²) in [5.74, 6) is 0.942. The van der Waals surface area contributed by atoms with Gasteiger partial charge in [0.15, 0.2) is 0 Å². The van der Waals surface area contributed by atoms with Crippen molar-refractivity contribution in [3.8, 4) is 0 Å². The van der Waals surface area contributed by atoms with E-state index in [1.54, 1.807) is 6.26 Å². The fourth-order valence-electron chi connectivity index (χ4n) is 2.65. The number of carbonyl (C=O) groups is 1. The lowest BCUT2D eigenvalue weighted by atomic mass is 9.95. The zero-order valence-corrected chi connectivity index (χ0v) is 14.5. The monoisotopic (exact) mass is 301 g/mol. The van der Waals surface area contributed by atoms with Gasteiger partial charge in [-0.05, 0) is 48.9 Å². The maximum absolute atomic E-state index is 12.2. The Morgan fingerprint density at radius 1 is 1.18 bits per heavy atom. The van der Waals surface area contributed by atoms with Crippen LogP contribution in [0, 0.1) is 12.8 Å². The molecule has 2 rings (SSSR count). The number of nitrogens with one attached hydrogen (secondary N) is 1. The Kier molecular flexibility index (Phi) is 4.94. The second-order valence-electron chi connectivity index (χ2n) is 6.90. The second-order valence-corrected chi connectivity index (χ2v) is 6.90. The molecule has 3 heteroatoms. The molecule has 0 radical (unpaired) electrons. The van der Waals surface area contributed by atoms with E-state index in [1.165, 1.54) is 11.1 Å². The van der Waals surface area contributed by atoms with E-state index in [9.17, 15) is 4.79 Å². The van der Waals surface area contributed by atoms with Crippen LogP contribution in [0.3, 0.4) is 0 Å². The average molecular weight is 301 g/mol. The minimum atomic E-state index is 0.0515. The third-order valence-corrected chi connectivity index (χ3v) is 4.40. The van der Waals surface area contributed by atoms with Gasteiger partial charge in [-0.15, -0.1) is 0 Å². The Balaban J connectivity index is 2.25. The van der Waals surface area contributed by atoms with Crippen molar-refractivity contribution in [2.45, 2.75) is 59.9 Å². The van der Waals surface area contributed by atoms with E-state index in [2.05, 4.69) is 52.1 Å². The highest BCUT2D eigenvalue weighted by molar-refractivity contribution is 5.88. The molecule has 0 saturated heterocycles. The first-order chi connectivity index (χ1) is 10.3. The van der Waals surface area contributed by atoms with Gasteiger partial charge in [-0.25, -0.2) is 0 Å². The number of benzene rings is 1. The Hall–Kier alpha value is -1.77. The smallest absolute Gasteiger partial charge is 0.224 e. The van der Waals surface area contributed by atoms with Crippen molar-refractivity contribution >= 4 is 16.9 Å². The van der Waals surface area contributed by atoms with Gasteiger partial charge in [-0.3, -0.25) is 4.79 Å². The molecule has 1 atom stereocenters. The van der Waals surface area contributed by atoms with Crippen LogP contribution in [0.1, 0.15) is 57.2 Å². The molecule has 0 aliphatic carbocycles. The van der Waals surface area contributed by atoms with E-state index in [1.807, 2.05) is 6.92 Å². The van der Waals surface area contributed by atoms with Gasteiger partial charge in [-0.2, -0.15) is 0 Å². The van der Waals surface area contributed by atoms with Crippen LogP contribution in [0.2, 0.25) is 0 Å². The molecule has 0 spiro atoms. The van der Waals surface area contributed by atoms with Crippen LogP contribution >= 0.6 is 0 Å².